The van der Waals surface area contributed by atoms with Crippen molar-refractivity contribution in [2.45, 2.75) is 38.0 Å². The van der Waals surface area contributed by atoms with E-state index in [0.29, 0.717) is 18.2 Å². The lowest BCUT2D eigenvalue weighted by Crippen LogP contribution is -2.56. The molecule has 0 saturated carbocycles. The lowest BCUT2D eigenvalue weighted by Gasteiger charge is -2.36. The van der Waals surface area contributed by atoms with Gasteiger partial charge in [-0.15, -0.1) is 0 Å². The maximum atomic E-state index is 13.1. The maximum absolute atomic E-state index is 13.1. The summed E-state index contributed by atoms with van der Waals surface area (Å²) >= 11 is 7.12. The predicted octanol–water partition coefficient (Wildman–Crippen LogP) is 4.47. The second-order valence-corrected chi connectivity index (χ2v) is 8.89. The van der Waals surface area contributed by atoms with Gasteiger partial charge < -0.3 is 4.90 Å². The lowest BCUT2D eigenvalue weighted by atomic mass is 9.90. The Bertz CT molecular complexity index is 997. The summed E-state index contributed by atoms with van der Waals surface area (Å²) in [5.74, 6) is -0.533. The van der Waals surface area contributed by atoms with Crippen molar-refractivity contribution in [2.24, 2.45) is 0 Å². The van der Waals surface area contributed by atoms with Crippen molar-refractivity contribution in [2.75, 3.05) is 25.0 Å². The summed E-state index contributed by atoms with van der Waals surface area (Å²) in [6.07, 6.45) is 6.79. The monoisotopic (exact) mass is 439 g/mol. The summed E-state index contributed by atoms with van der Waals surface area (Å²) in [6, 6.07) is 8.34. The van der Waals surface area contributed by atoms with Crippen molar-refractivity contribution in [1.29, 1.82) is 0 Å². The zero-order valence-electron chi connectivity index (χ0n) is 17.5. The van der Waals surface area contributed by atoms with Crippen LogP contribution in [0.4, 0.5) is 5.69 Å². The number of anilines is 1. The molecule has 1 aromatic rings. The highest BCUT2D eigenvalue weighted by Crippen LogP contribution is 2.45. The third-order valence-corrected chi connectivity index (χ3v) is 7.29. The normalized spacial score (nSPS) is 21.0. The lowest BCUT2D eigenvalue weighted by molar-refractivity contribution is -0.133. The van der Waals surface area contributed by atoms with Gasteiger partial charge in [0.15, 0.2) is 5.11 Å². The first kappa shape index (κ1) is 20.9. The minimum Gasteiger partial charge on any atom is -0.338 e. The fraction of sp³-hybridized carbons (Fsp3) is 0.348. The van der Waals surface area contributed by atoms with Crippen molar-refractivity contribution in [3.63, 3.8) is 0 Å². The fourth-order valence-electron chi connectivity index (χ4n) is 4.08. The highest BCUT2D eigenvalue weighted by atomic mass is 32.2. The van der Waals surface area contributed by atoms with E-state index in [4.69, 9.17) is 12.2 Å². The van der Waals surface area contributed by atoms with Gasteiger partial charge in [0.2, 0.25) is 0 Å². The van der Waals surface area contributed by atoms with Crippen LogP contribution >= 0.6 is 24.0 Å². The molecule has 0 atom stereocenters. The second-order valence-electron chi connectivity index (χ2n) is 7.47. The standard InChI is InChI=1S/C23H25N3O2S2/c1-4-25-21(27)20(22(28)26(5-2)23(25)29)16-10-8-9-15(13-16)14-19-24(3)17-11-6-7-12-18(17)30-19/h6-7,11-14H,4-5,8-10H2,1-3H3/b19-14-. The van der Waals surface area contributed by atoms with Crippen molar-refractivity contribution < 1.29 is 9.59 Å². The first-order valence-electron chi connectivity index (χ1n) is 10.3. The van der Waals surface area contributed by atoms with E-state index in [1.165, 1.54) is 20.4 Å². The van der Waals surface area contributed by atoms with E-state index in [9.17, 15) is 9.59 Å². The molecule has 0 N–H and O–H groups in total. The minimum absolute atomic E-state index is 0.267. The summed E-state index contributed by atoms with van der Waals surface area (Å²) in [5, 5.41) is 1.46. The molecule has 0 radical (unpaired) electrons. The number of carbonyl (C=O) groups is 2. The number of para-hydroxylation sites is 1. The molecule has 30 heavy (non-hydrogen) atoms. The Hall–Kier alpha value is -2.38. The molecular weight excluding hydrogens is 414 g/mol. The number of nitrogens with zero attached hydrogens (tertiary/aromatic N) is 3. The number of rotatable bonds is 3. The number of benzene rings is 1. The Morgan fingerprint density at radius 2 is 1.73 bits per heavy atom. The molecule has 156 valence electrons. The van der Waals surface area contributed by atoms with E-state index in [1.807, 2.05) is 26.0 Å². The highest BCUT2D eigenvalue weighted by Gasteiger charge is 2.39. The molecule has 7 heteroatoms. The van der Waals surface area contributed by atoms with Crippen LogP contribution in [-0.4, -0.2) is 46.9 Å². The number of fused-ring (bicyclic) bond motifs is 1. The number of hydrogen-bond donors (Lipinski definition) is 0. The van der Waals surface area contributed by atoms with E-state index in [2.05, 4.69) is 36.2 Å². The van der Waals surface area contributed by atoms with E-state index in [0.717, 1.165) is 35.4 Å². The summed E-state index contributed by atoms with van der Waals surface area (Å²) in [6.45, 7) is 4.68. The van der Waals surface area contributed by atoms with Crippen LogP contribution in [0.25, 0.3) is 0 Å². The molecule has 2 heterocycles. The first-order chi connectivity index (χ1) is 14.5. The van der Waals surface area contributed by atoms with Gasteiger partial charge in [0.1, 0.15) is 5.57 Å². The molecule has 1 aliphatic carbocycles. The summed E-state index contributed by atoms with van der Waals surface area (Å²) in [7, 11) is 2.07. The quantitative estimate of drug-likeness (QED) is 0.395. The van der Waals surface area contributed by atoms with E-state index >= 15 is 0 Å². The maximum Gasteiger partial charge on any atom is 0.265 e. The number of carbonyl (C=O) groups excluding carboxylic acids is 2. The fourth-order valence-corrected chi connectivity index (χ4v) is 5.63. The number of likely N-dealkylation sites (N-methyl/N-ethyl adjacent to an activating group) is 2. The number of hydrogen-bond acceptors (Lipinski definition) is 5. The van der Waals surface area contributed by atoms with Gasteiger partial charge in [-0.05, 0) is 74.7 Å². The van der Waals surface area contributed by atoms with Crippen molar-refractivity contribution >= 4 is 46.6 Å². The van der Waals surface area contributed by atoms with Gasteiger partial charge in [-0.1, -0.05) is 30.0 Å². The molecular formula is C23H25N3O2S2. The molecule has 0 spiro atoms. The van der Waals surface area contributed by atoms with Gasteiger partial charge in [-0.2, -0.15) is 0 Å². The first-order valence-corrected chi connectivity index (χ1v) is 11.5. The van der Waals surface area contributed by atoms with Gasteiger partial charge in [0.25, 0.3) is 11.8 Å². The van der Waals surface area contributed by atoms with Gasteiger partial charge >= 0.3 is 0 Å². The molecule has 1 saturated heterocycles. The molecule has 2 aliphatic heterocycles. The smallest absolute Gasteiger partial charge is 0.265 e. The molecule has 4 rings (SSSR count). The van der Waals surface area contributed by atoms with E-state index in [1.54, 1.807) is 11.8 Å². The molecule has 0 aromatic heterocycles. The zero-order valence-corrected chi connectivity index (χ0v) is 19.1. The average molecular weight is 440 g/mol. The zero-order chi connectivity index (χ0) is 21.4. The van der Waals surface area contributed by atoms with Crippen LogP contribution in [0.15, 0.2) is 63.1 Å². The molecule has 1 aromatic carbocycles. The number of allylic oxidation sites excluding steroid dienone is 4. The van der Waals surface area contributed by atoms with Crippen LogP contribution in [0.3, 0.4) is 0 Å². The predicted molar refractivity (Wildman–Crippen MR) is 125 cm³/mol. The van der Waals surface area contributed by atoms with Gasteiger partial charge in [-0.25, -0.2) is 0 Å². The molecule has 0 bridgehead atoms. The Morgan fingerprint density at radius 1 is 1.07 bits per heavy atom. The molecule has 1 fully saturated rings. The summed E-state index contributed by atoms with van der Waals surface area (Å²) < 4.78 is 0. The topological polar surface area (TPSA) is 43.9 Å². The van der Waals surface area contributed by atoms with Gasteiger partial charge in [-0.3, -0.25) is 19.4 Å². The third kappa shape index (κ3) is 3.50. The summed E-state index contributed by atoms with van der Waals surface area (Å²) in [4.78, 5) is 32.6. The Labute approximate surface area is 187 Å². The van der Waals surface area contributed by atoms with Crippen LogP contribution in [0.2, 0.25) is 0 Å². The van der Waals surface area contributed by atoms with Gasteiger partial charge in [0.05, 0.1) is 10.7 Å². The molecule has 3 aliphatic rings. The number of amides is 2. The van der Waals surface area contributed by atoms with Crippen LogP contribution in [0.5, 0.6) is 0 Å². The van der Waals surface area contributed by atoms with Crippen LogP contribution < -0.4 is 4.90 Å². The average Bonchev–Trinajstić information content (AvgIpc) is 3.04. The van der Waals surface area contributed by atoms with Crippen LogP contribution in [0.1, 0.15) is 33.1 Å². The van der Waals surface area contributed by atoms with Crippen molar-refractivity contribution in [3.8, 4) is 0 Å². The second kappa shape index (κ2) is 8.40. The number of thiocarbonyl (C=S) groups is 1. The minimum atomic E-state index is -0.267. The largest absolute Gasteiger partial charge is 0.338 e. The SMILES string of the molecule is CCN1C(=O)C(=C2C=C(/C=C3\Sc4ccccc4N3C)CCC2)C(=O)N(CC)C1=S. The Balaban J connectivity index is 1.71. The van der Waals surface area contributed by atoms with E-state index < -0.39 is 0 Å². The van der Waals surface area contributed by atoms with E-state index in [-0.39, 0.29) is 17.4 Å². The third-order valence-electron chi connectivity index (χ3n) is 5.69. The number of thioether (sulfide) groups is 1. The van der Waals surface area contributed by atoms with Crippen LogP contribution in [0, 0.1) is 0 Å². The molecule has 2 amide bonds. The Kier molecular flexibility index (Phi) is 5.84. The molecule has 0 unspecified atom stereocenters. The van der Waals surface area contributed by atoms with Gasteiger partial charge in [0, 0.05) is 25.0 Å². The van der Waals surface area contributed by atoms with Crippen molar-refractivity contribution in [1.82, 2.24) is 9.80 Å². The van der Waals surface area contributed by atoms with Crippen molar-refractivity contribution in [3.05, 3.63) is 58.2 Å². The summed E-state index contributed by atoms with van der Waals surface area (Å²) in [5.41, 5.74) is 3.45. The molecule has 5 nitrogen and oxygen atoms in total. The highest BCUT2D eigenvalue weighted by molar-refractivity contribution is 8.03. The van der Waals surface area contributed by atoms with Crippen LogP contribution in [-0.2, 0) is 9.59 Å². The Morgan fingerprint density at radius 3 is 2.37 bits per heavy atom.